The second-order valence-corrected chi connectivity index (χ2v) is 6.39. The first-order valence-electron chi connectivity index (χ1n) is 8.65. The van der Waals surface area contributed by atoms with Gasteiger partial charge in [0.05, 0.1) is 12.0 Å². The fourth-order valence-electron chi connectivity index (χ4n) is 3.11. The van der Waals surface area contributed by atoms with Gasteiger partial charge in [-0.2, -0.15) is 13.2 Å². The van der Waals surface area contributed by atoms with Gasteiger partial charge in [0.2, 0.25) is 5.91 Å². The van der Waals surface area contributed by atoms with Crippen molar-refractivity contribution >= 4 is 17.4 Å². The monoisotopic (exact) mass is 385 g/mol. The third kappa shape index (κ3) is 5.82. The van der Waals surface area contributed by atoms with Crippen molar-refractivity contribution in [2.75, 3.05) is 19.8 Å². The van der Waals surface area contributed by atoms with E-state index in [-0.39, 0.29) is 30.1 Å². The number of allylic oxidation sites excluding steroid dienone is 1. The van der Waals surface area contributed by atoms with Crippen molar-refractivity contribution in [2.24, 2.45) is 0 Å². The summed E-state index contributed by atoms with van der Waals surface area (Å²) in [7, 11) is 0. The molecule has 27 heavy (non-hydrogen) atoms. The maximum absolute atomic E-state index is 13.2. The Morgan fingerprint density at radius 1 is 1.26 bits per heavy atom. The molecule has 1 aliphatic heterocycles. The molecular formula is C19H22F3NO4. The zero-order chi connectivity index (χ0) is 20.0. The molecule has 1 saturated heterocycles. The molecular weight excluding hydrogens is 363 g/mol. The van der Waals surface area contributed by atoms with Crippen LogP contribution in [0.5, 0.6) is 0 Å². The van der Waals surface area contributed by atoms with E-state index in [1.807, 2.05) is 0 Å². The number of carboxylic acid groups (broad SMARTS) is 1. The highest BCUT2D eigenvalue weighted by Crippen LogP contribution is 2.34. The van der Waals surface area contributed by atoms with Gasteiger partial charge in [0, 0.05) is 31.9 Å². The number of halogens is 3. The van der Waals surface area contributed by atoms with E-state index in [9.17, 15) is 22.8 Å². The minimum atomic E-state index is -4.53. The molecule has 0 saturated carbocycles. The van der Waals surface area contributed by atoms with E-state index in [2.05, 4.69) is 0 Å². The topological polar surface area (TPSA) is 66.8 Å². The maximum atomic E-state index is 13.2. The largest absolute Gasteiger partial charge is 0.481 e. The molecule has 5 nitrogen and oxygen atoms in total. The molecule has 1 N–H and O–H groups in total. The summed E-state index contributed by atoms with van der Waals surface area (Å²) >= 11 is 0. The standard InChI is InChI=1S/C19H22F3NO4/c1-13(15-4-2-3-5-16(15)19(20,21)22)12-17(24)23(9-6-18(25)26)14-7-10-27-11-8-14/h2-5,12,14H,6-11H2,1H3,(H,25,26)/b13-12+. The van der Waals surface area contributed by atoms with Crippen LogP contribution in [0.2, 0.25) is 0 Å². The second-order valence-electron chi connectivity index (χ2n) is 6.39. The lowest BCUT2D eigenvalue weighted by Crippen LogP contribution is -2.43. The van der Waals surface area contributed by atoms with Crippen LogP contribution in [0.3, 0.4) is 0 Å². The van der Waals surface area contributed by atoms with Crippen LogP contribution in [-0.2, 0) is 20.5 Å². The Morgan fingerprint density at radius 3 is 2.48 bits per heavy atom. The van der Waals surface area contributed by atoms with E-state index in [1.54, 1.807) is 0 Å². The van der Waals surface area contributed by atoms with Crippen LogP contribution in [0.1, 0.15) is 37.3 Å². The fourth-order valence-corrected chi connectivity index (χ4v) is 3.11. The van der Waals surface area contributed by atoms with Gasteiger partial charge in [0.25, 0.3) is 0 Å². The van der Waals surface area contributed by atoms with Crippen molar-refractivity contribution < 1.29 is 32.6 Å². The third-order valence-corrected chi connectivity index (χ3v) is 4.48. The van der Waals surface area contributed by atoms with Gasteiger partial charge in [0.15, 0.2) is 0 Å². The van der Waals surface area contributed by atoms with E-state index in [1.165, 1.54) is 30.0 Å². The molecule has 1 aromatic rings. The SMILES string of the molecule is C/C(=C\C(=O)N(CCC(=O)O)C1CCOCC1)c1ccccc1C(F)(F)F. The van der Waals surface area contributed by atoms with E-state index in [0.717, 1.165) is 12.1 Å². The molecule has 8 heteroatoms. The summed E-state index contributed by atoms with van der Waals surface area (Å²) in [5.41, 5.74) is -0.696. The highest BCUT2D eigenvalue weighted by Gasteiger charge is 2.33. The zero-order valence-electron chi connectivity index (χ0n) is 15.0. The number of hydrogen-bond acceptors (Lipinski definition) is 3. The lowest BCUT2D eigenvalue weighted by atomic mass is 9.99. The molecule has 2 rings (SSSR count). The molecule has 0 spiro atoms. The van der Waals surface area contributed by atoms with Crippen LogP contribution in [0.4, 0.5) is 13.2 Å². The molecule has 0 bridgehead atoms. The van der Waals surface area contributed by atoms with Crippen LogP contribution in [0.25, 0.3) is 5.57 Å². The number of ether oxygens (including phenoxy) is 1. The average Bonchev–Trinajstić information content (AvgIpc) is 2.61. The quantitative estimate of drug-likeness (QED) is 0.760. The number of carboxylic acids is 1. The lowest BCUT2D eigenvalue weighted by molar-refractivity contribution is -0.139. The molecule has 1 fully saturated rings. The van der Waals surface area contributed by atoms with Crippen molar-refractivity contribution in [3.63, 3.8) is 0 Å². The summed E-state index contributed by atoms with van der Waals surface area (Å²) in [5.74, 6) is -1.53. The van der Waals surface area contributed by atoms with Crippen LogP contribution < -0.4 is 0 Å². The molecule has 1 amide bonds. The summed E-state index contributed by atoms with van der Waals surface area (Å²) in [6.45, 7) is 2.37. The molecule has 148 valence electrons. The van der Waals surface area contributed by atoms with Crippen molar-refractivity contribution in [1.29, 1.82) is 0 Å². The highest BCUT2D eigenvalue weighted by atomic mass is 19.4. The first-order chi connectivity index (χ1) is 12.7. The van der Waals surface area contributed by atoms with Crippen LogP contribution in [0.15, 0.2) is 30.3 Å². The number of nitrogens with zero attached hydrogens (tertiary/aromatic N) is 1. The van der Waals surface area contributed by atoms with E-state index >= 15 is 0 Å². The predicted molar refractivity (Wildman–Crippen MR) is 92.9 cm³/mol. The van der Waals surface area contributed by atoms with Gasteiger partial charge >= 0.3 is 12.1 Å². The first kappa shape index (κ1) is 21.0. The summed E-state index contributed by atoms with van der Waals surface area (Å²) in [6, 6.07) is 4.87. The van der Waals surface area contributed by atoms with Crippen molar-refractivity contribution in [1.82, 2.24) is 4.90 Å². The van der Waals surface area contributed by atoms with E-state index in [4.69, 9.17) is 9.84 Å². The van der Waals surface area contributed by atoms with Crippen LogP contribution in [-0.4, -0.2) is 47.7 Å². The Labute approximate surface area is 155 Å². The van der Waals surface area contributed by atoms with E-state index in [0.29, 0.717) is 26.1 Å². The summed E-state index contributed by atoms with van der Waals surface area (Å²) < 4.78 is 44.9. The zero-order valence-corrected chi connectivity index (χ0v) is 15.0. The van der Waals surface area contributed by atoms with Gasteiger partial charge in [-0.25, -0.2) is 0 Å². The molecule has 0 unspecified atom stereocenters. The van der Waals surface area contributed by atoms with Gasteiger partial charge in [-0.15, -0.1) is 0 Å². The lowest BCUT2D eigenvalue weighted by Gasteiger charge is -2.33. The summed E-state index contributed by atoms with van der Waals surface area (Å²) in [6.07, 6.45) is -2.47. The van der Waals surface area contributed by atoms with Crippen molar-refractivity contribution in [3.8, 4) is 0 Å². The highest BCUT2D eigenvalue weighted by molar-refractivity contribution is 5.95. The summed E-state index contributed by atoms with van der Waals surface area (Å²) in [5, 5.41) is 8.93. The number of alkyl halides is 3. The minimum Gasteiger partial charge on any atom is -0.481 e. The van der Waals surface area contributed by atoms with Gasteiger partial charge in [-0.3, -0.25) is 9.59 Å². The Bertz CT molecular complexity index is 709. The molecule has 0 radical (unpaired) electrons. The number of rotatable bonds is 6. The first-order valence-corrected chi connectivity index (χ1v) is 8.65. The van der Waals surface area contributed by atoms with E-state index < -0.39 is 23.6 Å². The van der Waals surface area contributed by atoms with Gasteiger partial charge < -0.3 is 14.7 Å². The number of aliphatic carboxylic acids is 1. The molecule has 0 atom stereocenters. The molecule has 1 heterocycles. The minimum absolute atomic E-state index is 0.00350. The number of carbonyl (C=O) groups excluding carboxylic acids is 1. The maximum Gasteiger partial charge on any atom is 0.416 e. The normalized spacial score (nSPS) is 16.2. The Balaban J connectivity index is 2.28. The second kappa shape index (κ2) is 9.03. The fraction of sp³-hybridized carbons (Fsp3) is 0.474. The number of hydrogen-bond donors (Lipinski definition) is 1. The average molecular weight is 385 g/mol. The van der Waals surface area contributed by atoms with Gasteiger partial charge in [0.1, 0.15) is 0 Å². The summed E-state index contributed by atoms with van der Waals surface area (Å²) in [4.78, 5) is 25.1. The molecule has 0 aromatic heterocycles. The Morgan fingerprint density at radius 2 is 1.89 bits per heavy atom. The number of benzene rings is 1. The number of carbonyl (C=O) groups is 2. The number of amides is 1. The Kier molecular flexibility index (Phi) is 7.01. The molecule has 0 aliphatic carbocycles. The van der Waals surface area contributed by atoms with Gasteiger partial charge in [-0.05, 0) is 37.0 Å². The Hall–Kier alpha value is -2.35. The third-order valence-electron chi connectivity index (χ3n) is 4.48. The predicted octanol–water partition coefficient (Wildman–Crippen LogP) is 3.59. The smallest absolute Gasteiger partial charge is 0.416 e. The van der Waals surface area contributed by atoms with Crippen molar-refractivity contribution in [3.05, 3.63) is 41.5 Å². The molecule has 1 aliphatic rings. The molecule has 1 aromatic carbocycles. The van der Waals surface area contributed by atoms with Crippen LogP contribution >= 0.6 is 0 Å². The van der Waals surface area contributed by atoms with Crippen LogP contribution in [0, 0.1) is 0 Å². The van der Waals surface area contributed by atoms with Gasteiger partial charge in [-0.1, -0.05) is 18.2 Å². The van der Waals surface area contributed by atoms with Crippen molar-refractivity contribution in [2.45, 2.75) is 38.4 Å².